The minimum atomic E-state index is -0.687. The van der Waals surface area contributed by atoms with Crippen molar-refractivity contribution in [1.29, 1.82) is 0 Å². The van der Waals surface area contributed by atoms with Crippen LogP contribution in [0.3, 0.4) is 0 Å². The smallest absolute Gasteiger partial charge is 0.222 e. The number of nitrogens with one attached hydrogen (secondary N) is 1. The van der Waals surface area contributed by atoms with Gasteiger partial charge in [-0.05, 0) is 19.8 Å². The van der Waals surface area contributed by atoms with Gasteiger partial charge in [0.15, 0.2) is 0 Å². The van der Waals surface area contributed by atoms with E-state index in [-0.39, 0.29) is 5.95 Å². The van der Waals surface area contributed by atoms with Gasteiger partial charge in [-0.2, -0.15) is 4.98 Å². The topological polar surface area (TPSA) is 84.1 Å². The van der Waals surface area contributed by atoms with Crippen molar-refractivity contribution in [1.82, 2.24) is 9.97 Å². The monoisotopic (exact) mass is 224 g/mol. The molecule has 0 atom stereocenters. The van der Waals surface area contributed by atoms with Crippen molar-refractivity contribution in [2.45, 2.75) is 39.2 Å². The lowest BCUT2D eigenvalue weighted by molar-refractivity contribution is 0.0456. The van der Waals surface area contributed by atoms with Gasteiger partial charge >= 0.3 is 0 Å². The summed E-state index contributed by atoms with van der Waals surface area (Å²) in [7, 11) is 0. The van der Waals surface area contributed by atoms with Gasteiger partial charge in [0.25, 0.3) is 0 Å². The summed E-state index contributed by atoms with van der Waals surface area (Å²) in [6, 6.07) is 1.81. The van der Waals surface area contributed by atoms with Crippen LogP contribution in [0.1, 0.15) is 32.4 Å². The van der Waals surface area contributed by atoms with Crippen LogP contribution in [-0.4, -0.2) is 27.2 Å². The van der Waals surface area contributed by atoms with Crippen LogP contribution in [-0.2, 0) is 0 Å². The highest BCUT2D eigenvalue weighted by Gasteiger charge is 2.21. The Hall–Kier alpha value is -1.36. The summed E-state index contributed by atoms with van der Waals surface area (Å²) in [5.74, 6) is 0.907. The Balaban J connectivity index is 2.67. The summed E-state index contributed by atoms with van der Waals surface area (Å²) in [4.78, 5) is 8.03. The van der Waals surface area contributed by atoms with Gasteiger partial charge in [-0.15, -0.1) is 0 Å². The molecule has 1 aromatic heterocycles. The molecular weight excluding hydrogens is 204 g/mol. The van der Waals surface area contributed by atoms with E-state index >= 15 is 0 Å². The first-order valence-electron chi connectivity index (χ1n) is 5.56. The van der Waals surface area contributed by atoms with Crippen molar-refractivity contribution in [3.8, 4) is 0 Å². The van der Waals surface area contributed by atoms with Crippen molar-refractivity contribution in [3.63, 3.8) is 0 Å². The van der Waals surface area contributed by atoms with Crippen molar-refractivity contribution in [2.75, 3.05) is 17.6 Å². The predicted octanol–water partition coefficient (Wildman–Crippen LogP) is 1.33. The summed E-state index contributed by atoms with van der Waals surface area (Å²) in [6.45, 7) is 6.25. The summed E-state index contributed by atoms with van der Waals surface area (Å²) < 4.78 is 0. The van der Waals surface area contributed by atoms with Crippen LogP contribution in [0.2, 0.25) is 0 Å². The molecule has 0 saturated carbocycles. The zero-order valence-corrected chi connectivity index (χ0v) is 10.1. The number of hydrogen-bond acceptors (Lipinski definition) is 5. The first-order chi connectivity index (χ1) is 7.49. The number of aromatic nitrogens is 2. The zero-order chi connectivity index (χ0) is 12.2. The number of nitrogens with two attached hydrogens (primary N) is 1. The molecule has 0 aliphatic rings. The Bertz CT molecular complexity index is 330. The minimum absolute atomic E-state index is 0.249. The average molecular weight is 224 g/mol. The van der Waals surface area contributed by atoms with E-state index in [9.17, 15) is 5.11 Å². The molecule has 0 unspecified atom stereocenters. The van der Waals surface area contributed by atoms with E-state index in [0.29, 0.717) is 25.2 Å². The molecule has 0 radical (unpaired) electrons. The van der Waals surface area contributed by atoms with Gasteiger partial charge in [-0.25, -0.2) is 4.98 Å². The van der Waals surface area contributed by atoms with Crippen molar-refractivity contribution >= 4 is 11.8 Å². The van der Waals surface area contributed by atoms with E-state index in [4.69, 9.17) is 5.73 Å². The maximum Gasteiger partial charge on any atom is 0.222 e. The summed E-state index contributed by atoms with van der Waals surface area (Å²) >= 11 is 0. The maximum absolute atomic E-state index is 10.1. The molecule has 0 spiro atoms. The largest absolute Gasteiger partial charge is 0.388 e. The molecule has 0 aromatic carbocycles. The summed E-state index contributed by atoms with van der Waals surface area (Å²) in [5.41, 5.74) is 5.66. The van der Waals surface area contributed by atoms with E-state index in [1.807, 2.05) is 26.8 Å². The van der Waals surface area contributed by atoms with Gasteiger partial charge in [0.1, 0.15) is 5.82 Å². The van der Waals surface area contributed by atoms with Crippen molar-refractivity contribution in [2.24, 2.45) is 0 Å². The normalized spacial score (nSPS) is 11.5. The number of nitrogen functional groups attached to an aromatic ring is 1. The third kappa shape index (κ3) is 3.34. The van der Waals surface area contributed by atoms with E-state index in [2.05, 4.69) is 15.3 Å². The fourth-order valence-electron chi connectivity index (χ4n) is 1.44. The fourth-order valence-corrected chi connectivity index (χ4v) is 1.44. The number of hydrogen-bond donors (Lipinski definition) is 3. The first-order valence-corrected chi connectivity index (χ1v) is 5.56. The van der Waals surface area contributed by atoms with Crippen LogP contribution < -0.4 is 11.1 Å². The SMILES string of the molecule is CCC(O)(CC)CNc1cc(C)nc(N)n1. The first kappa shape index (κ1) is 12.7. The van der Waals surface area contributed by atoms with E-state index < -0.39 is 5.60 Å². The summed E-state index contributed by atoms with van der Waals surface area (Å²) in [6.07, 6.45) is 1.41. The Morgan fingerprint density at radius 1 is 1.38 bits per heavy atom. The second-order valence-corrected chi connectivity index (χ2v) is 4.04. The van der Waals surface area contributed by atoms with Crippen molar-refractivity contribution < 1.29 is 5.11 Å². The Kier molecular flexibility index (Phi) is 4.06. The predicted molar refractivity (Wildman–Crippen MR) is 65.2 cm³/mol. The van der Waals surface area contributed by atoms with E-state index in [1.54, 1.807) is 0 Å². The average Bonchev–Trinajstić information content (AvgIpc) is 2.25. The molecule has 5 heteroatoms. The molecule has 1 rings (SSSR count). The highest BCUT2D eigenvalue weighted by Crippen LogP contribution is 2.16. The molecule has 90 valence electrons. The molecule has 0 aliphatic carbocycles. The quantitative estimate of drug-likeness (QED) is 0.702. The third-order valence-electron chi connectivity index (χ3n) is 2.79. The Labute approximate surface area is 96.1 Å². The van der Waals surface area contributed by atoms with Gasteiger partial charge < -0.3 is 16.2 Å². The molecule has 4 N–H and O–H groups in total. The van der Waals surface area contributed by atoms with E-state index in [0.717, 1.165) is 5.69 Å². The molecule has 0 aliphatic heterocycles. The molecular formula is C11H20N4O. The van der Waals surface area contributed by atoms with Gasteiger partial charge in [-0.1, -0.05) is 13.8 Å². The van der Waals surface area contributed by atoms with Crippen LogP contribution >= 0.6 is 0 Å². The second kappa shape index (κ2) is 5.12. The number of nitrogens with zero attached hydrogens (tertiary/aromatic N) is 2. The van der Waals surface area contributed by atoms with Gasteiger partial charge in [0.2, 0.25) is 5.95 Å². The number of aliphatic hydroxyl groups is 1. The lowest BCUT2D eigenvalue weighted by atomic mass is 9.98. The highest BCUT2D eigenvalue weighted by atomic mass is 16.3. The number of anilines is 2. The lowest BCUT2D eigenvalue weighted by Crippen LogP contribution is -2.35. The molecule has 5 nitrogen and oxygen atoms in total. The van der Waals surface area contributed by atoms with Crippen LogP contribution in [0.5, 0.6) is 0 Å². The number of rotatable bonds is 5. The van der Waals surface area contributed by atoms with Gasteiger partial charge in [-0.3, -0.25) is 0 Å². The zero-order valence-electron chi connectivity index (χ0n) is 10.1. The third-order valence-corrected chi connectivity index (χ3v) is 2.79. The molecule has 0 saturated heterocycles. The molecule has 0 amide bonds. The van der Waals surface area contributed by atoms with Gasteiger partial charge in [0.05, 0.1) is 5.60 Å². The minimum Gasteiger partial charge on any atom is -0.388 e. The molecule has 0 bridgehead atoms. The van der Waals surface area contributed by atoms with E-state index in [1.165, 1.54) is 0 Å². The van der Waals surface area contributed by atoms with Crippen LogP contribution in [0.15, 0.2) is 6.07 Å². The Morgan fingerprint density at radius 3 is 2.50 bits per heavy atom. The van der Waals surface area contributed by atoms with Crippen LogP contribution in [0, 0.1) is 6.92 Å². The summed E-state index contributed by atoms with van der Waals surface area (Å²) in [5, 5.41) is 13.2. The highest BCUT2D eigenvalue weighted by molar-refractivity contribution is 5.40. The van der Waals surface area contributed by atoms with Crippen molar-refractivity contribution in [3.05, 3.63) is 11.8 Å². The second-order valence-electron chi connectivity index (χ2n) is 4.04. The standard InChI is InChI=1S/C11H20N4O/c1-4-11(16,5-2)7-13-9-6-8(3)14-10(12)15-9/h6,16H,4-5,7H2,1-3H3,(H3,12,13,14,15). The molecule has 1 heterocycles. The molecule has 16 heavy (non-hydrogen) atoms. The Morgan fingerprint density at radius 2 is 2.00 bits per heavy atom. The number of aryl methyl sites for hydroxylation is 1. The van der Waals surface area contributed by atoms with Crippen LogP contribution in [0.25, 0.3) is 0 Å². The molecule has 0 fully saturated rings. The van der Waals surface area contributed by atoms with Crippen LogP contribution in [0.4, 0.5) is 11.8 Å². The molecule has 1 aromatic rings. The maximum atomic E-state index is 10.1. The van der Waals surface area contributed by atoms with Gasteiger partial charge in [0, 0.05) is 18.3 Å². The lowest BCUT2D eigenvalue weighted by Gasteiger charge is -2.25. The fraction of sp³-hybridized carbons (Fsp3) is 0.636.